The Morgan fingerprint density at radius 2 is 1.77 bits per heavy atom. The van der Waals surface area contributed by atoms with Gasteiger partial charge in [-0.05, 0) is 89.2 Å². The number of allylic oxidation sites excluding steroid dienone is 11. The van der Waals surface area contributed by atoms with Crippen LogP contribution in [-0.2, 0) is 9.53 Å². The lowest BCUT2D eigenvalue weighted by Crippen LogP contribution is -2.35. The van der Waals surface area contributed by atoms with E-state index in [1.54, 1.807) is 18.0 Å². The third-order valence-corrected chi connectivity index (χ3v) is 7.10. The Hall–Kier alpha value is -2.60. The molecule has 1 fully saturated rings. The lowest BCUT2D eigenvalue weighted by atomic mass is 9.89. The fourth-order valence-corrected chi connectivity index (χ4v) is 4.65. The van der Waals surface area contributed by atoms with E-state index in [-0.39, 0.29) is 5.78 Å². The summed E-state index contributed by atoms with van der Waals surface area (Å²) in [6.07, 6.45) is 26.3. The van der Waals surface area contributed by atoms with Gasteiger partial charge >= 0.3 is 0 Å². The van der Waals surface area contributed by atoms with E-state index in [1.807, 2.05) is 55.5 Å². The van der Waals surface area contributed by atoms with Gasteiger partial charge in [0.15, 0.2) is 5.78 Å². The van der Waals surface area contributed by atoms with Crippen LogP contribution < -0.4 is 4.72 Å². The largest absolute Gasteiger partial charge is 0.373 e. The number of rotatable bonds is 19. The quantitative estimate of drug-likeness (QED) is 0.0557. The van der Waals surface area contributed by atoms with Crippen molar-refractivity contribution in [2.75, 3.05) is 32.8 Å². The third kappa shape index (κ3) is 18.6. The Kier molecular flexibility index (Phi) is 23.7. The number of nitrogens with one attached hydrogen (secondary N) is 1. The van der Waals surface area contributed by atoms with Crippen molar-refractivity contribution in [3.63, 3.8) is 0 Å². The number of carbonyl (C=O) groups is 1. The molecule has 0 aliphatic carbocycles. The van der Waals surface area contributed by atoms with E-state index in [1.165, 1.54) is 18.4 Å². The van der Waals surface area contributed by atoms with Gasteiger partial charge < -0.3 is 14.4 Å². The molecule has 5 heteroatoms. The van der Waals surface area contributed by atoms with Crippen molar-refractivity contribution in [2.24, 2.45) is 5.92 Å². The number of ketones is 1. The minimum Gasteiger partial charge on any atom is -0.373 e. The molecule has 0 spiro atoms. The monoisotopic (exact) mass is 566 g/mol. The van der Waals surface area contributed by atoms with Crippen molar-refractivity contribution in [3.8, 4) is 0 Å². The first kappa shape index (κ1) is 37.4. The van der Waals surface area contributed by atoms with Crippen molar-refractivity contribution < 1.29 is 9.53 Å². The Morgan fingerprint density at radius 3 is 2.40 bits per heavy atom. The summed E-state index contributed by atoms with van der Waals surface area (Å²) >= 11 is 1.73. The summed E-state index contributed by atoms with van der Waals surface area (Å²) in [4.78, 5) is 15.2. The van der Waals surface area contributed by atoms with Crippen molar-refractivity contribution in [2.45, 2.75) is 65.0 Å². The van der Waals surface area contributed by atoms with Crippen molar-refractivity contribution in [3.05, 3.63) is 110 Å². The highest BCUT2D eigenvalue weighted by Gasteiger charge is 2.20. The first-order valence-corrected chi connectivity index (χ1v) is 15.3. The zero-order valence-corrected chi connectivity index (χ0v) is 26.4. The van der Waals surface area contributed by atoms with Crippen LogP contribution in [0.15, 0.2) is 110 Å². The Balaban J connectivity index is 0.00000742. The average Bonchev–Trinajstić information content (AvgIpc) is 2.96. The van der Waals surface area contributed by atoms with E-state index >= 15 is 0 Å². The Morgan fingerprint density at radius 1 is 1.07 bits per heavy atom. The summed E-state index contributed by atoms with van der Waals surface area (Å²) < 4.78 is 9.02. The molecule has 0 aromatic rings. The number of carbonyl (C=O) groups excluding carboxylic acids is 1. The third-order valence-electron chi connectivity index (χ3n) is 6.27. The molecule has 0 atom stereocenters. The molecule has 0 saturated carbocycles. The van der Waals surface area contributed by atoms with Crippen LogP contribution in [0.5, 0.6) is 0 Å². The summed E-state index contributed by atoms with van der Waals surface area (Å²) in [5, 5.41) is 0.522. The van der Waals surface area contributed by atoms with Crippen LogP contribution in [0, 0.1) is 5.92 Å². The normalized spacial score (nSPS) is 16.1. The second-order valence-electron chi connectivity index (χ2n) is 9.71. The first-order valence-electron chi connectivity index (χ1n) is 14.4. The van der Waals surface area contributed by atoms with E-state index in [9.17, 15) is 4.79 Å². The minimum atomic E-state index is 0.208. The van der Waals surface area contributed by atoms with Crippen LogP contribution in [0.2, 0.25) is 0 Å². The molecule has 1 rings (SSSR count). The number of piperidine rings is 1. The summed E-state index contributed by atoms with van der Waals surface area (Å²) in [6, 6.07) is 0. The molecule has 1 aliphatic rings. The standard InChI is InChI=1S/C33H50N2O2S.C2H4/c1-7-10-11-12-13-14-25-37-26-16-18-30(9-3)33(36)19-15-22-35-23-20-31(21-24-35)29(6)27-32(17-8-2)34-38-28(4)5;1-2/h7-11,13-14,16-18,27-28,31,34H,1-2,12,15,19-26H2,3-6H3;1-2H2/b11-10-,14-13-,18-16-,29-27+,30-9+,32-17+;. The van der Waals surface area contributed by atoms with E-state index in [0.717, 1.165) is 43.7 Å². The van der Waals surface area contributed by atoms with E-state index in [2.05, 4.69) is 68.9 Å². The molecule has 0 aromatic carbocycles. The molecule has 40 heavy (non-hydrogen) atoms. The number of Topliss-reactive ketones (excluding diaryl/α,β-unsaturated/α-hetero) is 1. The molecule has 1 aliphatic heterocycles. The average molecular weight is 567 g/mol. The number of likely N-dealkylation sites (tertiary alicyclic amines) is 1. The maximum Gasteiger partial charge on any atom is 0.162 e. The molecule has 222 valence electrons. The molecule has 0 bridgehead atoms. The number of nitrogens with zero attached hydrogens (tertiary/aromatic N) is 1. The van der Waals surface area contributed by atoms with Crippen molar-refractivity contribution in [1.29, 1.82) is 0 Å². The van der Waals surface area contributed by atoms with Crippen LogP contribution in [0.25, 0.3) is 0 Å². The van der Waals surface area contributed by atoms with Gasteiger partial charge in [-0.15, -0.1) is 13.2 Å². The van der Waals surface area contributed by atoms with E-state index in [0.29, 0.717) is 30.8 Å². The van der Waals surface area contributed by atoms with Gasteiger partial charge in [-0.25, -0.2) is 0 Å². The smallest absolute Gasteiger partial charge is 0.162 e. The maximum absolute atomic E-state index is 12.7. The van der Waals surface area contributed by atoms with Gasteiger partial charge in [0, 0.05) is 22.9 Å². The van der Waals surface area contributed by atoms with Gasteiger partial charge in [0.05, 0.1) is 13.2 Å². The highest BCUT2D eigenvalue weighted by atomic mass is 32.2. The zero-order chi connectivity index (χ0) is 30.0. The molecule has 1 saturated heterocycles. The van der Waals surface area contributed by atoms with Gasteiger partial charge in [0.1, 0.15) is 0 Å². The molecular weight excluding hydrogens is 512 g/mol. The van der Waals surface area contributed by atoms with E-state index in [4.69, 9.17) is 4.74 Å². The maximum atomic E-state index is 12.7. The lowest BCUT2D eigenvalue weighted by Gasteiger charge is -2.32. The predicted octanol–water partition coefficient (Wildman–Crippen LogP) is 8.72. The van der Waals surface area contributed by atoms with Crippen molar-refractivity contribution >= 4 is 17.7 Å². The minimum absolute atomic E-state index is 0.208. The molecule has 0 amide bonds. The van der Waals surface area contributed by atoms with Gasteiger partial charge in [-0.3, -0.25) is 4.79 Å². The molecule has 0 radical (unpaired) electrons. The van der Waals surface area contributed by atoms with E-state index < -0.39 is 0 Å². The van der Waals surface area contributed by atoms with Gasteiger partial charge in [-0.2, -0.15) is 0 Å². The summed E-state index contributed by atoms with van der Waals surface area (Å²) in [5.74, 6) is 0.818. The molecule has 1 heterocycles. The van der Waals surface area contributed by atoms with Crippen LogP contribution in [0.3, 0.4) is 0 Å². The fourth-order valence-electron chi connectivity index (χ4n) is 4.15. The Bertz CT molecular complexity index is 900. The SMILES string of the molecule is C=C.C=C/C=C\C/C=C\COC/C=C\C(=C/C)C(=O)CCCN1CCC(/C(C)=C/C(=C\C=C)NSC(C)C)CC1. The molecule has 1 N–H and O–H groups in total. The number of hydrogen-bond donors (Lipinski definition) is 1. The second-order valence-corrected chi connectivity index (χ2v) is 11.1. The predicted molar refractivity (Wildman–Crippen MR) is 179 cm³/mol. The summed E-state index contributed by atoms with van der Waals surface area (Å²) in [5.41, 5.74) is 3.31. The summed E-state index contributed by atoms with van der Waals surface area (Å²) in [7, 11) is 0. The lowest BCUT2D eigenvalue weighted by molar-refractivity contribution is -0.115. The number of hydrogen-bond acceptors (Lipinski definition) is 5. The summed E-state index contributed by atoms with van der Waals surface area (Å²) in [6.45, 7) is 26.2. The van der Waals surface area contributed by atoms with Crippen LogP contribution in [0.1, 0.15) is 59.8 Å². The molecule has 4 nitrogen and oxygen atoms in total. The van der Waals surface area contributed by atoms with Gasteiger partial charge in [0.2, 0.25) is 0 Å². The van der Waals surface area contributed by atoms with Crippen molar-refractivity contribution in [1.82, 2.24) is 9.62 Å². The van der Waals surface area contributed by atoms with Crippen LogP contribution >= 0.6 is 11.9 Å². The first-order chi connectivity index (χ1) is 19.4. The van der Waals surface area contributed by atoms with Gasteiger partial charge in [-0.1, -0.05) is 87.3 Å². The molecule has 0 aromatic heterocycles. The highest BCUT2D eigenvalue weighted by Crippen LogP contribution is 2.26. The fraction of sp³-hybridized carbons (Fsp3) is 0.457. The topological polar surface area (TPSA) is 41.6 Å². The highest BCUT2D eigenvalue weighted by molar-refractivity contribution is 7.98. The Labute approximate surface area is 250 Å². The van der Waals surface area contributed by atoms with Crippen LogP contribution in [-0.4, -0.2) is 48.8 Å². The zero-order valence-electron chi connectivity index (χ0n) is 25.6. The van der Waals surface area contributed by atoms with Gasteiger partial charge in [0.25, 0.3) is 0 Å². The second kappa shape index (κ2) is 25.4. The number of ether oxygens (including phenoxy) is 1. The molecule has 0 unspecified atom stereocenters. The molecular formula is C35H54N2O2S. The van der Waals surface area contributed by atoms with Crippen LogP contribution in [0.4, 0.5) is 0 Å².